The van der Waals surface area contributed by atoms with Crippen LogP contribution in [0, 0.1) is 11.8 Å². The summed E-state index contributed by atoms with van der Waals surface area (Å²) in [4.78, 5) is 0. The standard InChI is InChI=1S/C15H31NO/c1-5-7-8-13(6-2)11-14(16-4)15-12(3)9-10-17-15/h12-16H,5-11H2,1-4H3. The number of hydrogen-bond donors (Lipinski definition) is 1. The van der Waals surface area contributed by atoms with Crippen molar-refractivity contribution in [3.63, 3.8) is 0 Å². The number of ether oxygens (including phenoxy) is 1. The molecule has 4 atom stereocenters. The van der Waals surface area contributed by atoms with Gasteiger partial charge >= 0.3 is 0 Å². The second-order valence-electron chi connectivity index (χ2n) is 5.65. The Kier molecular flexibility index (Phi) is 7.14. The molecule has 0 saturated carbocycles. The molecule has 0 radical (unpaired) electrons. The van der Waals surface area contributed by atoms with Crippen molar-refractivity contribution in [1.29, 1.82) is 0 Å². The molecule has 1 saturated heterocycles. The van der Waals surface area contributed by atoms with Gasteiger partial charge in [-0.05, 0) is 31.7 Å². The van der Waals surface area contributed by atoms with Crippen LogP contribution in [0.2, 0.25) is 0 Å². The summed E-state index contributed by atoms with van der Waals surface area (Å²) >= 11 is 0. The topological polar surface area (TPSA) is 21.3 Å². The minimum absolute atomic E-state index is 0.440. The highest BCUT2D eigenvalue weighted by atomic mass is 16.5. The summed E-state index contributed by atoms with van der Waals surface area (Å²) in [7, 11) is 2.09. The van der Waals surface area contributed by atoms with Crippen molar-refractivity contribution in [3.05, 3.63) is 0 Å². The number of likely N-dealkylation sites (N-methyl/N-ethyl adjacent to an activating group) is 1. The molecule has 1 fully saturated rings. The number of nitrogens with one attached hydrogen (secondary N) is 1. The van der Waals surface area contributed by atoms with Crippen LogP contribution >= 0.6 is 0 Å². The smallest absolute Gasteiger partial charge is 0.0754 e. The van der Waals surface area contributed by atoms with E-state index < -0.39 is 0 Å². The third-order valence-corrected chi connectivity index (χ3v) is 4.34. The fourth-order valence-electron chi connectivity index (χ4n) is 2.99. The maximum absolute atomic E-state index is 5.91. The molecule has 17 heavy (non-hydrogen) atoms. The molecule has 1 heterocycles. The Balaban J connectivity index is 2.43. The highest BCUT2D eigenvalue weighted by Crippen LogP contribution is 2.28. The van der Waals surface area contributed by atoms with Crippen LogP contribution in [0.3, 0.4) is 0 Å². The third kappa shape index (κ3) is 4.59. The van der Waals surface area contributed by atoms with Gasteiger partial charge in [0.2, 0.25) is 0 Å². The largest absolute Gasteiger partial charge is 0.376 e. The fraction of sp³-hybridized carbons (Fsp3) is 1.00. The summed E-state index contributed by atoms with van der Waals surface area (Å²) in [6.45, 7) is 7.89. The normalized spacial score (nSPS) is 28.2. The molecule has 0 spiro atoms. The van der Waals surface area contributed by atoms with E-state index in [2.05, 4.69) is 33.1 Å². The van der Waals surface area contributed by atoms with Gasteiger partial charge in [0, 0.05) is 12.6 Å². The average molecular weight is 241 g/mol. The Hall–Kier alpha value is -0.0800. The monoisotopic (exact) mass is 241 g/mol. The summed E-state index contributed by atoms with van der Waals surface area (Å²) in [5.41, 5.74) is 0. The first-order chi connectivity index (χ1) is 8.22. The van der Waals surface area contributed by atoms with Gasteiger partial charge in [0.25, 0.3) is 0 Å². The predicted molar refractivity (Wildman–Crippen MR) is 74.3 cm³/mol. The third-order valence-electron chi connectivity index (χ3n) is 4.34. The van der Waals surface area contributed by atoms with Crippen LogP contribution < -0.4 is 5.32 Å². The first-order valence-electron chi connectivity index (χ1n) is 7.51. The van der Waals surface area contributed by atoms with Crippen LogP contribution in [0.15, 0.2) is 0 Å². The Labute approximate surface area is 108 Å². The average Bonchev–Trinajstić information content (AvgIpc) is 2.76. The van der Waals surface area contributed by atoms with E-state index in [9.17, 15) is 0 Å². The van der Waals surface area contributed by atoms with E-state index in [-0.39, 0.29) is 0 Å². The van der Waals surface area contributed by atoms with Gasteiger partial charge in [-0.15, -0.1) is 0 Å². The van der Waals surface area contributed by atoms with Gasteiger partial charge in [0.1, 0.15) is 0 Å². The van der Waals surface area contributed by atoms with Gasteiger partial charge in [-0.1, -0.05) is 46.5 Å². The zero-order valence-corrected chi connectivity index (χ0v) is 12.2. The summed E-state index contributed by atoms with van der Waals surface area (Å²) in [6.07, 6.45) is 8.32. The van der Waals surface area contributed by atoms with Crippen LogP contribution in [0.1, 0.15) is 59.3 Å². The van der Waals surface area contributed by atoms with Crippen molar-refractivity contribution >= 4 is 0 Å². The van der Waals surface area contributed by atoms with E-state index in [1.807, 2.05) is 0 Å². The van der Waals surface area contributed by atoms with Crippen molar-refractivity contribution in [2.75, 3.05) is 13.7 Å². The van der Waals surface area contributed by atoms with Crippen LogP contribution in [0.5, 0.6) is 0 Å². The molecule has 0 aromatic heterocycles. The van der Waals surface area contributed by atoms with Gasteiger partial charge in [0.05, 0.1) is 6.10 Å². The lowest BCUT2D eigenvalue weighted by molar-refractivity contribution is 0.0543. The summed E-state index contributed by atoms with van der Waals surface area (Å²) < 4.78 is 5.91. The summed E-state index contributed by atoms with van der Waals surface area (Å²) in [6, 6.07) is 0.550. The Morgan fingerprint density at radius 1 is 1.35 bits per heavy atom. The molecule has 4 unspecified atom stereocenters. The fourth-order valence-corrected chi connectivity index (χ4v) is 2.99. The van der Waals surface area contributed by atoms with Crippen molar-refractivity contribution in [2.24, 2.45) is 11.8 Å². The second-order valence-corrected chi connectivity index (χ2v) is 5.65. The number of rotatable bonds is 8. The molecule has 1 aliphatic rings. The zero-order valence-electron chi connectivity index (χ0n) is 12.2. The SMILES string of the molecule is CCCCC(CC)CC(NC)C1OCCC1C. The molecular formula is C15H31NO. The first-order valence-corrected chi connectivity index (χ1v) is 7.51. The lowest BCUT2D eigenvalue weighted by atomic mass is 9.87. The number of hydrogen-bond acceptors (Lipinski definition) is 2. The maximum Gasteiger partial charge on any atom is 0.0754 e. The highest BCUT2D eigenvalue weighted by Gasteiger charge is 2.32. The molecule has 0 aliphatic carbocycles. The van der Waals surface area contributed by atoms with Crippen molar-refractivity contribution in [3.8, 4) is 0 Å². The van der Waals surface area contributed by atoms with Gasteiger partial charge < -0.3 is 10.1 Å². The van der Waals surface area contributed by atoms with E-state index in [0.29, 0.717) is 12.1 Å². The van der Waals surface area contributed by atoms with Crippen molar-refractivity contribution in [1.82, 2.24) is 5.32 Å². The molecule has 0 bridgehead atoms. The Bertz CT molecular complexity index is 195. The molecule has 1 aliphatic heterocycles. The lowest BCUT2D eigenvalue weighted by Gasteiger charge is -2.29. The molecule has 0 aromatic rings. The number of unbranched alkanes of at least 4 members (excludes halogenated alkanes) is 1. The van der Waals surface area contributed by atoms with E-state index in [1.54, 1.807) is 0 Å². The minimum Gasteiger partial charge on any atom is -0.376 e. The quantitative estimate of drug-likeness (QED) is 0.701. The van der Waals surface area contributed by atoms with E-state index in [0.717, 1.165) is 18.4 Å². The Morgan fingerprint density at radius 3 is 2.59 bits per heavy atom. The molecule has 0 aromatic carbocycles. The van der Waals surface area contributed by atoms with Crippen LogP contribution in [0.25, 0.3) is 0 Å². The molecule has 1 rings (SSSR count). The van der Waals surface area contributed by atoms with E-state index in [1.165, 1.54) is 38.5 Å². The van der Waals surface area contributed by atoms with Crippen molar-refractivity contribution in [2.45, 2.75) is 71.4 Å². The van der Waals surface area contributed by atoms with Crippen LogP contribution in [-0.2, 0) is 4.74 Å². The van der Waals surface area contributed by atoms with Gasteiger partial charge in [-0.3, -0.25) is 0 Å². The molecule has 0 amide bonds. The molecule has 2 heteroatoms. The first kappa shape index (κ1) is 15.0. The molecular weight excluding hydrogens is 210 g/mol. The summed E-state index contributed by atoms with van der Waals surface area (Å²) in [5.74, 6) is 1.58. The maximum atomic E-state index is 5.91. The lowest BCUT2D eigenvalue weighted by Crippen LogP contribution is -2.41. The highest BCUT2D eigenvalue weighted by molar-refractivity contribution is 4.85. The van der Waals surface area contributed by atoms with Crippen LogP contribution in [-0.4, -0.2) is 25.8 Å². The summed E-state index contributed by atoms with van der Waals surface area (Å²) in [5, 5.41) is 3.49. The zero-order chi connectivity index (χ0) is 12.7. The van der Waals surface area contributed by atoms with Gasteiger partial charge in [0.15, 0.2) is 0 Å². The van der Waals surface area contributed by atoms with Crippen LogP contribution in [0.4, 0.5) is 0 Å². The van der Waals surface area contributed by atoms with E-state index >= 15 is 0 Å². The molecule has 102 valence electrons. The van der Waals surface area contributed by atoms with Gasteiger partial charge in [-0.25, -0.2) is 0 Å². The molecule has 1 N–H and O–H groups in total. The molecule has 2 nitrogen and oxygen atoms in total. The second kappa shape index (κ2) is 8.10. The van der Waals surface area contributed by atoms with Gasteiger partial charge in [-0.2, -0.15) is 0 Å². The minimum atomic E-state index is 0.440. The van der Waals surface area contributed by atoms with E-state index in [4.69, 9.17) is 4.74 Å². The van der Waals surface area contributed by atoms with Crippen molar-refractivity contribution < 1.29 is 4.74 Å². The predicted octanol–water partition coefficient (Wildman–Crippen LogP) is 3.61. The Morgan fingerprint density at radius 2 is 2.12 bits per heavy atom.